The Kier molecular flexibility index (Phi) is 3.92. The number of carbonyl (C=O) groups excluding carboxylic acids is 2. The van der Waals surface area contributed by atoms with Crippen LogP contribution in [0.5, 0.6) is 0 Å². The number of ketones is 1. The molecule has 1 aliphatic rings. The molecule has 0 aromatic heterocycles. The Morgan fingerprint density at radius 2 is 2.36 bits per heavy atom. The van der Waals surface area contributed by atoms with Crippen LogP contribution in [0.2, 0.25) is 0 Å². The first kappa shape index (κ1) is 11.9. The number of alkyl halides is 1. The second-order valence-electron chi connectivity index (χ2n) is 3.86. The van der Waals surface area contributed by atoms with Crippen LogP contribution in [-0.4, -0.2) is 23.3 Å². The van der Waals surface area contributed by atoms with E-state index in [4.69, 9.17) is 4.74 Å². The van der Waals surface area contributed by atoms with E-state index < -0.39 is 5.41 Å². The number of hydrogen-bond donors (Lipinski definition) is 0. The number of esters is 1. The molecule has 0 bridgehead atoms. The van der Waals surface area contributed by atoms with Gasteiger partial charge < -0.3 is 4.74 Å². The monoisotopic (exact) mass is 310 g/mol. The van der Waals surface area contributed by atoms with Crippen LogP contribution >= 0.6 is 22.6 Å². The van der Waals surface area contributed by atoms with Gasteiger partial charge in [0.25, 0.3) is 0 Å². The second-order valence-corrected chi connectivity index (χ2v) is 4.74. The van der Waals surface area contributed by atoms with Gasteiger partial charge >= 0.3 is 5.97 Å². The summed E-state index contributed by atoms with van der Waals surface area (Å²) in [6, 6.07) is 0. The molecule has 1 aliphatic carbocycles. The van der Waals surface area contributed by atoms with Gasteiger partial charge in [0.2, 0.25) is 0 Å². The zero-order valence-electron chi connectivity index (χ0n) is 8.51. The summed E-state index contributed by atoms with van der Waals surface area (Å²) in [7, 11) is 1.35. The molecule has 0 N–H and O–H groups in total. The third-order valence-electron chi connectivity index (χ3n) is 3.15. The zero-order valence-corrected chi connectivity index (χ0v) is 10.7. The van der Waals surface area contributed by atoms with Crippen LogP contribution in [0.4, 0.5) is 0 Å². The predicted molar refractivity (Wildman–Crippen MR) is 61.4 cm³/mol. The largest absolute Gasteiger partial charge is 0.468 e. The minimum absolute atomic E-state index is 0.0391. The quantitative estimate of drug-likeness (QED) is 0.339. The lowest BCUT2D eigenvalue weighted by Crippen LogP contribution is -2.47. The number of hydrogen-bond acceptors (Lipinski definition) is 3. The van der Waals surface area contributed by atoms with Gasteiger partial charge in [-0.25, -0.2) is 0 Å². The normalized spacial score (nSPS) is 32.8. The summed E-state index contributed by atoms with van der Waals surface area (Å²) in [4.78, 5) is 23.4. The van der Waals surface area contributed by atoms with Gasteiger partial charge in [0.1, 0.15) is 11.2 Å². The summed E-state index contributed by atoms with van der Waals surface area (Å²) in [5.74, 6) is -0.196. The Labute approximate surface area is 97.7 Å². The van der Waals surface area contributed by atoms with E-state index in [1.54, 1.807) is 6.92 Å². The molecule has 80 valence electrons. The summed E-state index contributed by atoms with van der Waals surface area (Å²) in [6.45, 7) is 1.73. The molecule has 1 fully saturated rings. The van der Waals surface area contributed by atoms with Gasteiger partial charge in [-0.05, 0) is 25.7 Å². The van der Waals surface area contributed by atoms with Crippen molar-refractivity contribution in [3.05, 3.63) is 0 Å². The van der Waals surface area contributed by atoms with Crippen LogP contribution in [0, 0.1) is 11.3 Å². The highest BCUT2D eigenvalue weighted by atomic mass is 127. The molecule has 0 aromatic rings. The van der Waals surface area contributed by atoms with Crippen LogP contribution in [0.1, 0.15) is 26.2 Å². The predicted octanol–water partition coefficient (Wildman–Crippen LogP) is 1.97. The fourth-order valence-electron chi connectivity index (χ4n) is 2.01. The van der Waals surface area contributed by atoms with Gasteiger partial charge in [-0.2, -0.15) is 0 Å². The lowest BCUT2D eigenvalue weighted by atomic mass is 9.67. The maximum absolute atomic E-state index is 11.8. The molecule has 4 heteroatoms. The van der Waals surface area contributed by atoms with Crippen molar-refractivity contribution in [2.75, 3.05) is 11.5 Å². The van der Waals surface area contributed by atoms with Crippen LogP contribution in [0.25, 0.3) is 0 Å². The SMILES string of the molecule is COC(=O)[C@@]1(C)C(=O)CCC[C@@H]1CI. The average Bonchev–Trinajstić information content (AvgIpc) is 2.20. The molecule has 14 heavy (non-hydrogen) atoms. The third-order valence-corrected chi connectivity index (χ3v) is 4.21. The second kappa shape index (κ2) is 4.59. The highest BCUT2D eigenvalue weighted by molar-refractivity contribution is 14.1. The molecular weight excluding hydrogens is 295 g/mol. The van der Waals surface area contributed by atoms with Crippen molar-refractivity contribution in [3.63, 3.8) is 0 Å². The first-order chi connectivity index (χ1) is 6.57. The maximum Gasteiger partial charge on any atom is 0.319 e. The van der Waals surface area contributed by atoms with E-state index in [0.717, 1.165) is 17.3 Å². The highest BCUT2D eigenvalue weighted by Gasteiger charge is 2.49. The van der Waals surface area contributed by atoms with E-state index in [1.807, 2.05) is 0 Å². The molecule has 1 rings (SSSR count). The number of ether oxygens (including phenoxy) is 1. The van der Waals surface area contributed by atoms with Crippen LogP contribution < -0.4 is 0 Å². The Balaban J connectivity index is 2.97. The van der Waals surface area contributed by atoms with E-state index in [1.165, 1.54) is 7.11 Å². The van der Waals surface area contributed by atoms with Crippen LogP contribution in [-0.2, 0) is 14.3 Å². The molecule has 0 aliphatic heterocycles. The summed E-state index contributed by atoms with van der Waals surface area (Å²) < 4.78 is 5.56. The first-order valence-corrected chi connectivity index (χ1v) is 6.27. The molecule has 0 radical (unpaired) electrons. The number of carbonyl (C=O) groups is 2. The minimum atomic E-state index is -0.895. The number of Topliss-reactive ketones (excluding diaryl/α,β-unsaturated/α-hetero) is 1. The van der Waals surface area contributed by atoms with E-state index >= 15 is 0 Å². The summed E-state index contributed by atoms with van der Waals surface area (Å²) in [5.41, 5.74) is -0.895. The van der Waals surface area contributed by atoms with Crippen molar-refractivity contribution in [2.24, 2.45) is 11.3 Å². The van der Waals surface area contributed by atoms with E-state index in [0.29, 0.717) is 6.42 Å². The molecule has 0 amide bonds. The molecule has 0 aromatic carbocycles. The van der Waals surface area contributed by atoms with Gasteiger partial charge in [0.05, 0.1) is 7.11 Å². The third kappa shape index (κ3) is 1.81. The molecule has 1 saturated carbocycles. The van der Waals surface area contributed by atoms with Crippen molar-refractivity contribution in [3.8, 4) is 0 Å². The first-order valence-electron chi connectivity index (χ1n) is 4.75. The maximum atomic E-state index is 11.8. The van der Waals surface area contributed by atoms with E-state index in [9.17, 15) is 9.59 Å². The number of halogens is 1. The number of methoxy groups -OCH3 is 1. The fourth-order valence-corrected chi connectivity index (χ4v) is 3.33. The average molecular weight is 310 g/mol. The van der Waals surface area contributed by atoms with E-state index in [-0.39, 0.29) is 17.7 Å². The Morgan fingerprint density at radius 3 is 2.86 bits per heavy atom. The summed E-state index contributed by atoms with van der Waals surface area (Å²) in [6.07, 6.45) is 2.36. The molecule has 0 unspecified atom stereocenters. The van der Waals surface area contributed by atoms with Gasteiger partial charge in [-0.1, -0.05) is 22.6 Å². The Bertz CT molecular complexity index is 242. The Morgan fingerprint density at radius 1 is 1.71 bits per heavy atom. The number of rotatable bonds is 2. The minimum Gasteiger partial charge on any atom is -0.468 e. The van der Waals surface area contributed by atoms with Crippen molar-refractivity contribution < 1.29 is 14.3 Å². The smallest absolute Gasteiger partial charge is 0.319 e. The van der Waals surface area contributed by atoms with Crippen LogP contribution in [0.15, 0.2) is 0 Å². The lowest BCUT2D eigenvalue weighted by molar-refractivity contribution is -0.162. The van der Waals surface area contributed by atoms with Crippen molar-refractivity contribution in [2.45, 2.75) is 26.2 Å². The topological polar surface area (TPSA) is 43.4 Å². The molecule has 0 heterocycles. The molecule has 0 spiro atoms. The van der Waals surface area contributed by atoms with Crippen molar-refractivity contribution in [1.29, 1.82) is 0 Å². The fraction of sp³-hybridized carbons (Fsp3) is 0.800. The zero-order chi connectivity index (χ0) is 10.8. The molecule has 3 nitrogen and oxygen atoms in total. The van der Waals surface area contributed by atoms with Gasteiger partial charge in [-0.3, -0.25) is 9.59 Å². The van der Waals surface area contributed by atoms with E-state index in [2.05, 4.69) is 22.6 Å². The van der Waals surface area contributed by atoms with Gasteiger partial charge in [0.15, 0.2) is 0 Å². The van der Waals surface area contributed by atoms with Gasteiger partial charge in [0, 0.05) is 10.8 Å². The summed E-state index contributed by atoms with van der Waals surface area (Å²) in [5, 5.41) is 0. The van der Waals surface area contributed by atoms with Crippen LogP contribution in [0.3, 0.4) is 0 Å². The van der Waals surface area contributed by atoms with Crippen molar-refractivity contribution in [1.82, 2.24) is 0 Å². The molecule has 0 saturated heterocycles. The Hall–Kier alpha value is -0.130. The highest BCUT2D eigenvalue weighted by Crippen LogP contribution is 2.40. The standard InChI is InChI=1S/C10H15IO3/c1-10(9(13)14-2)7(6-11)4-3-5-8(10)12/h7H,3-6H2,1-2H3/t7-,10-/m1/s1. The lowest BCUT2D eigenvalue weighted by Gasteiger charge is -2.36. The molecule has 2 atom stereocenters. The van der Waals surface area contributed by atoms with Gasteiger partial charge in [-0.15, -0.1) is 0 Å². The van der Waals surface area contributed by atoms with Crippen molar-refractivity contribution >= 4 is 34.3 Å². The summed E-state index contributed by atoms with van der Waals surface area (Å²) >= 11 is 2.23. The molecular formula is C10H15IO3.